The van der Waals surface area contributed by atoms with Gasteiger partial charge in [-0.1, -0.05) is 35.9 Å². The van der Waals surface area contributed by atoms with Crippen molar-refractivity contribution in [3.05, 3.63) is 65.8 Å². The Morgan fingerprint density at radius 1 is 1.10 bits per heavy atom. The second-order valence-corrected chi connectivity index (χ2v) is 9.68. The van der Waals surface area contributed by atoms with Crippen LogP contribution in [0.25, 0.3) is 11.3 Å². The van der Waals surface area contributed by atoms with Crippen LogP contribution >= 0.6 is 0 Å². The summed E-state index contributed by atoms with van der Waals surface area (Å²) < 4.78 is 44.4. The van der Waals surface area contributed by atoms with Gasteiger partial charge in [-0.2, -0.15) is 0 Å². The fourth-order valence-electron chi connectivity index (χ4n) is 3.23. The molecule has 0 aliphatic carbocycles. The summed E-state index contributed by atoms with van der Waals surface area (Å²) in [6.07, 6.45) is 3.28. The largest absolute Gasteiger partial charge is 0.440 e. The van der Waals surface area contributed by atoms with Crippen LogP contribution in [0.2, 0.25) is 0 Å². The molecule has 1 atom stereocenters. The van der Waals surface area contributed by atoms with Gasteiger partial charge in [-0.3, -0.25) is 0 Å². The highest BCUT2D eigenvalue weighted by Gasteiger charge is 2.33. The number of aryl methyl sites for hydroxylation is 1. The van der Waals surface area contributed by atoms with Crippen molar-refractivity contribution in [1.82, 2.24) is 14.7 Å². The van der Waals surface area contributed by atoms with Crippen molar-refractivity contribution in [2.45, 2.75) is 44.1 Å². The van der Waals surface area contributed by atoms with Crippen LogP contribution in [0.15, 0.2) is 58.2 Å². The Morgan fingerprint density at radius 3 is 2.52 bits per heavy atom. The van der Waals surface area contributed by atoms with Crippen LogP contribution < -0.4 is 4.72 Å². The number of oxazole rings is 1. The average Bonchev–Trinajstić information content (AvgIpc) is 3.33. The molecular formula is C22H25N3O5S. The van der Waals surface area contributed by atoms with E-state index in [0.717, 1.165) is 11.1 Å². The van der Waals surface area contributed by atoms with Crippen LogP contribution in [0.3, 0.4) is 0 Å². The molecule has 3 heterocycles. The lowest BCUT2D eigenvalue weighted by Gasteiger charge is -2.17. The van der Waals surface area contributed by atoms with Gasteiger partial charge in [0.05, 0.1) is 25.3 Å². The Labute approximate surface area is 181 Å². The zero-order valence-electron chi connectivity index (χ0n) is 17.7. The predicted octanol–water partition coefficient (Wildman–Crippen LogP) is 3.07. The predicted molar refractivity (Wildman–Crippen MR) is 114 cm³/mol. The summed E-state index contributed by atoms with van der Waals surface area (Å²) in [5.41, 5.74) is 2.92. The molecule has 0 amide bonds. The highest BCUT2D eigenvalue weighted by Crippen LogP contribution is 2.23. The number of hydrogen-bond donors (Lipinski definition) is 1. The number of pyridine rings is 1. The van der Waals surface area contributed by atoms with Gasteiger partial charge < -0.3 is 13.9 Å². The lowest BCUT2D eigenvalue weighted by atomic mass is 10.1. The van der Waals surface area contributed by atoms with Crippen molar-refractivity contribution in [2.75, 3.05) is 13.2 Å². The van der Waals surface area contributed by atoms with Gasteiger partial charge in [0.2, 0.25) is 0 Å². The van der Waals surface area contributed by atoms with E-state index in [1.165, 1.54) is 17.8 Å². The third kappa shape index (κ3) is 5.37. The smallest absolute Gasteiger partial charge is 0.258 e. The molecule has 0 spiro atoms. The Kier molecular flexibility index (Phi) is 5.94. The first-order valence-corrected chi connectivity index (χ1v) is 11.5. The molecule has 164 valence electrons. The van der Waals surface area contributed by atoms with Gasteiger partial charge in [0.1, 0.15) is 0 Å². The van der Waals surface area contributed by atoms with Crippen molar-refractivity contribution >= 4 is 10.0 Å². The fourth-order valence-corrected chi connectivity index (χ4v) is 4.22. The maximum Gasteiger partial charge on any atom is 0.258 e. The summed E-state index contributed by atoms with van der Waals surface area (Å²) in [5.74, 6) is 0.523. The highest BCUT2D eigenvalue weighted by molar-refractivity contribution is 7.89. The molecule has 0 bridgehead atoms. The lowest BCUT2D eigenvalue weighted by molar-refractivity contribution is -0.137. The summed E-state index contributed by atoms with van der Waals surface area (Å²) in [4.78, 5) is 8.42. The van der Waals surface area contributed by atoms with Gasteiger partial charge in [0.15, 0.2) is 22.5 Å². The van der Waals surface area contributed by atoms with Crippen LogP contribution in [0.4, 0.5) is 0 Å². The van der Waals surface area contributed by atoms with E-state index in [1.54, 1.807) is 26.1 Å². The van der Waals surface area contributed by atoms with E-state index >= 15 is 0 Å². The van der Waals surface area contributed by atoms with Crippen molar-refractivity contribution in [1.29, 1.82) is 0 Å². The number of sulfonamides is 1. The summed E-state index contributed by atoms with van der Waals surface area (Å²) in [7, 11) is -3.75. The number of rotatable bonds is 7. The molecule has 1 saturated heterocycles. The maximum atomic E-state index is 12.5. The topological polar surface area (TPSA) is 104 Å². The number of nitrogens with one attached hydrogen (secondary N) is 1. The SMILES string of the molecule is Cc1ccc(-c2cnc(Cc3ccc(S(=O)(=O)NCC4COC(C)(C)O4)nc3)o2)cc1. The van der Waals surface area contributed by atoms with E-state index < -0.39 is 15.8 Å². The number of hydrogen-bond acceptors (Lipinski definition) is 7. The van der Waals surface area contributed by atoms with Gasteiger partial charge in [-0.05, 0) is 32.4 Å². The van der Waals surface area contributed by atoms with E-state index in [2.05, 4.69) is 14.7 Å². The van der Waals surface area contributed by atoms with Crippen LogP contribution in [0.1, 0.15) is 30.9 Å². The first kappa shape index (κ1) is 21.6. The van der Waals surface area contributed by atoms with Gasteiger partial charge in [0.25, 0.3) is 10.0 Å². The molecule has 1 aliphatic rings. The van der Waals surface area contributed by atoms with E-state index in [-0.39, 0.29) is 17.7 Å². The van der Waals surface area contributed by atoms with Crippen molar-refractivity contribution in [3.63, 3.8) is 0 Å². The molecule has 2 aromatic heterocycles. The summed E-state index contributed by atoms with van der Waals surface area (Å²) in [6, 6.07) is 11.2. The Morgan fingerprint density at radius 2 is 1.87 bits per heavy atom. The quantitative estimate of drug-likeness (QED) is 0.598. The number of benzene rings is 1. The van der Waals surface area contributed by atoms with Crippen molar-refractivity contribution in [3.8, 4) is 11.3 Å². The number of aromatic nitrogens is 2. The van der Waals surface area contributed by atoms with E-state index in [0.29, 0.717) is 24.7 Å². The first-order valence-electron chi connectivity index (χ1n) is 9.98. The second-order valence-electron chi connectivity index (χ2n) is 7.97. The molecule has 9 heteroatoms. The molecule has 1 N–H and O–H groups in total. The summed E-state index contributed by atoms with van der Waals surface area (Å²) >= 11 is 0. The first-order chi connectivity index (χ1) is 14.7. The molecule has 1 aromatic carbocycles. The van der Waals surface area contributed by atoms with Crippen molar-refractivity contribution in [2.24, 2.45) is 0 Å². The normalized spacial score (nSPS) is 18.4. The molecule has 4 rings (SSSR count). The van der Waals surface area contributed by atoms with E-state index in [4.69, 9.17) is 13.9 Å². The number of ether oxygens (including phenoxy) is 2. The zero-order valence-corrected chi connectivity index (χ0v) is 18.5. The molecule has 1 aliphatic heterocycles. The molecule has 3 aromatic rings. The van der Waals surface area contributed by atoms with Crippen LogP contribution in [-0.2, 0) is 25.9 Å². The zero-order chi connectivity index (χ0) is 22.1. The van der Waals surface area contributed by atoms with Gasteiger partial charge in [-0.15, -0.1) is 0 Å². The minimum absolute atomic E-state index is 0.0535. The van der Waals surface area contributed by atoms with Gasteiger partial charge >= 0.3 is 0 Å². The minimum Gasteiger partial charge on any atom is -0.440 e. The summed E-state index contributed by atoms with van der Waals surface area (Å²) in [5, 5.41) is -0.0535. The molecule has 0 saturated carbocycles. The average molecular weight is 444 g/mol. The molecular weight excluding hydrogens is 418 g/mol. The Hall–Kier alpha value is -2.59. The van der Waals surface area contributed by atoms with E-state index in [1.807, 2.05) is 31.2 Å². The van der Waals surface area contributed by atoms with Gasteiger partial charge in [-0.25, -0.2) is 23.1 Å². The highest BCUT2D eigenvalue weighted by atomic mass is 32.2. The maximum absolute atomic E-state index is 12.5. The third-order valence-electron chi connectivity index (χ3n) is 4.89. The lowest BCUT2D eigenvalue weighted by Crippen LogP contribution is -2.34. The standard InChI is InChI=1S/C22H25N3O5S/c1-15-4-7-17(8-5-15)19-13-23-20(29-19)10-16-6-9-21(24-11-16)31(26,27)25-12-18-14-28-22(2,3)30-18/h4-9,11,13,18,25H,10,12,14H2,1-3H3. The van der Waals surface area contributed by atoms with Crippen LogP contribution in [-0.4, -0.2) is 43.4 Å². The van der Waals surface area contributed by atoms with E-state index in [9.17, 15) is 8.42 Å². The fraction of sp³-hybridized carbons (Fsp3) is 0.364. The molecule has 31 heavy (non-hydrogen) atoms. The van der Waals surface area contributed by atoms with Crippen molar-refractivity contribution < 1.29 is 22.3 Å². The monoisotopic (exact) mass is 443 g/mol. The Bertz CT molecular complexity index is 1140. The third-order valence-corrected chi connectivity index (χ3v) is 6.23. The Balaban J connectivity index is 1.37. The second kappa shape index (κ2) is 8.51. The van der Waals surface area contributed by atoms with Crippen LogP contribution in [0.5, 0.6) is 0 Å². The van der Waals surface area contributed by atoms with Gasteiger partial charge in [0, 0.05) is 18.3 Å². The molecule has 8 nitrogen and oxygen atoms in total. The molecule has 0 radical (unpaired) electrons. The minimum atomic E-state index is -3.75. The summed E-state index contributed by atoms with van der Waals surface area (Å²) in [6.45, 7) is 6.06. The number of nitrogens with zero attached hydrogens (tertiary/aromatic N) is 2. The van der Waals surface area contributed by atoms with Crippen LogP contribution in [0, 0.1) is 6.92 Å². The molecule has 1 fully saturated rings. The molecule has 1 unspecified atom stereocenters.